The molecule has 0 heterocycles. The van der Waals surface area contributed by atoms with E-state index in [2.05, 4.69) is 0 Å². The lowest BCUT2D eigenvalue weighted by Crippen LogP contribution is -2.05. The maximum Gasteiger partial charge on any atom is 0.416 e. The van der Waals surface area contributed by atoms with Crippen LogP contribution >= 0.6 is 11.6 Å². The lowest BCUT2D eigenvalue weighted by molar-refractivity contribution is -0.137. The summed E-state index contributed by atoms with van der Waals surface area (Å²) in [6, 6.07) is 12.4. The molecular formula is C16H14ClF3O. The van der Waals surface area contributed by atoms with Crippen LogP contribution in [0.2, 0.25) is 0 Å². The molecule has 0 bridgehead atoms. The Morgan fingerprint density at radius 2 is 1.67 bits per heavy atom. The van der Waals surface area contributed by atoms with Crippen LogP contribution in [-0.4, -0.2) is 7.11 Å². The van der Waals surface area contributed by atoms with Gasteiger partial charge in [0.15, 0.2) is 0 Å². The molecule has 112 valence electrons. The first-order valence-corrected chi connectivity index (χ1v) is 6.78. The minimum Gasteiger partial charge on any atom is -0.496 e. The minimum atomic E-state index is -4.33. The molecule has 0 aliphatic rings. The molecule has 2 aromatic rings. The lowest BCUT2D eigenvalue weighted by atomic mass is 10.0. The summed E-state index contributed by atoms with van der Waals surface area (Å²) in [7, 11) is 1.57. The number of hydrogen-bond acceptors (Lipinski definition) is 1. The van der Waals surface area contributed by atoms with Crippen LogP contribution in [0.1, 0.15) is 22.1 Å². The van der Waals surface area contributed by atoms with E-state index in [4.69, 9.17) is 16.3 Å². The van der Waals surface area contributed by atoms with Gasteiger partial charge in [0.25, 0.3) is 0 Å². The number of alkyl halides is 4. The minimum absolute atomic E-state index is 0.413. The van der Waals surface area contributed by atoms with Crippen LogP contribution in [0.25, 0.3) is 0 Å². The Morgan fingerprint density at radius 1 is 1.05 bits per heavy atom. The molecule has 0 saturated carbocycles. The topological polar surface area (TPSA) is 9.23 Å². The number of hydrogen-bond donors (Lipinski definition) is 0. The first-order valence-electron chi connectivity index (χ1n) is 6.35. The fourth-order valence-corrected chi connectivity index (χ4v) is 2.38. The molecule has 21 heavy (non-hydrogen) atoms. The fraction of sp³-hybridized carbons (Fsp3) is 0.250. The predicted molar refractivity (Wildman–Crippen MR) is 76.7 cm³/mol. The van der Waals surface area contributed by atoms with E-state index in [-0.39, 0.29) is 0 Å². The highest BCUT2D eigenvalue weighted by atomic mass is 35.5. The quantitative estimate of drug-likeness (QED) is 0.702. The SMILES string of the molecule is COc1ccccc1CC(Cl)c1ccc(C(F)(F)F)cc1. The van der Waals surface area contributed by atoms with Crippen molar-refractivity contribution >= 4 is 11.6 Å². The average molecular weight is 315 g/mol. The van der Waals surface area contributed by atoms with Gasteiger partial charge in [0.05, 0.1) is 18.1 Å². The van der Waals surface area contributed by atoms with E-state index < -0.39 is 17.1 Å². The second-order valence-electron chi connectivity index (χ2n) is 4.60. The molecule has 1 nitrogen and oxygen atoms in total. The van der Waals surface area contributed by atoms with Crippen LogP contribution in [0.15, 0.2) is 48.5 Å². The predicted octanol–water partition coefficient (Wildman–Crippen LogP) is 5.24. The Balaban J connectivity index is 2.15. The summed E-state index contributed by atoms with van der Waals surface area (Å²) in [5.74, 6) is 0.718. The highest BCUT2D eigenvalue weighted by molar-refractivity contribution is 6.20. The van der Waals surface area contributed by atoms with E-state index in [9.17, 15) is 13.2 Å². The van der Waals surface area contributed by atoms with Crippen molar-refractivity contribution in [2.75, 3.05) is 7.11 Å². The van der Waals surface area contributed by atoms with Gasteiger partial charge in [-0.15, -0.1) is 11.6 Å². The van der Waals surface area contributed by atoms with Crippen molar-refractivity contribution in [1.29, 1.82) is 0 Å². The number of methoxy groups -OCH3 is 1. The molecule has 0 aromatic heterocycles. The Hall–Kier alpha value is -1.68. The third kappa shape index (κ3) is 3.91. The highest BCUT2D eigenvalue weighted by Gasteiger charge is 2.30. The molecule has 1 unspecified atom stereocenters. The summed E-state index contributed by atoms with van der Waals surface area (Å²) in [5, 5.41) is -0.413. The van der Waals surface area contributed by atoms with Crippen molar-refractivity contribution in [1.82, 2.24) is 0 Å². The Labute approximate surface area is 126 Å². The molecule has 0 aliphatic heterocycles. The molecule has 0 fully saturated rings. The van der Waals surface area contributed by atoms with E-state index in [0.717, 1.165) is 23.4 Å². The molecule has 0 N–H and O–H groups in total. The van der Waals surface area contributed by atoms with E-state index in [1.807, 2.05) is 24.3 Å². The summed E-state index contributed by atoms with van der Waals surface area (Å²) in [6.45, 7) is 0. The van der Waals surface area contributed by atoms with Crippen molar-refractivity contribution in [3.8, 4) is 5.75 Å². The van der Waals surface area contributed by atoms with Gasteiger partial charge in [-0.1, -0.05) is 30.3 Å². The normalized spacial score (nSPS) is 13.0. The van der Waals surface area contributed by atoms with Gasteiger partial charge < -0.3 is 4.74 Å². The molecule has 0 amide bonds. The summed E-state index contributed by atoms with van der Waals surface area (Å²) >= 11 is 6.30. The standard InChI is InChI=1S/C16H14ClF3O/c1-21-15-5-3-2-4-12(15)10-14(17)11-6-8-13(9-7-11)16(18,19)20/h2-9,14H,10H2,1H3. The van der Waals surface area contributed by atoms with Crippen LogP contribution in [0, 0.1) is 0 Å². The largest absolute Gasteiger partial charge is 0.496 e. The first kappa shape index (κ1) is 15.7. The zero-order valence-corrected chi connectivity index (χ0v) is 12.1. The summed E-state index contributed by atoms with van der Waals surface area (Å²) < 4.78 is 42.8. The Bertz CT molecular complexity index is 593. The monoisotopic (exact) mass is 314 g/mol. The maximum absolute atomic E-state index is 12.5. The van der Waals surface area contributed by atoms with Crippen LogP contribution in [0.4, 0.5) is 13.2 Å². The van der Waals surface area contributed by atoms with E-state index in [0.29, 0.717) is 12.0 Å². The fourth-order valence-electron chi connectivity index (χ4n) is 2.06. The third-order valence-corrected chi connectivity index (χ3v) is 3.60. The lowest BCUT2D eigenvalue weighted by Gasteiger charge is -2.14. The van der Waals surface area contributed by atoms with Gasteiger partial charge in [0, 0.05) is 0 Å². The number of ether oxygens (including phenoxy) is 1. The van der Waals surface area contributed by atoms with Crippen LogP contribution < -0.4 is 4.74 Å². The summed E-state index contributed by atoms with van der Waals surface area (Å²) in [6.07, 6.45) is -3.85. The van der Waals surface area contributed by atoms with Gasteiger partial charge in [-0.3, -0.25) is 0 Å². The van der Waals surface area contributed by atoms with Gasteiger partial charge in [-0.05, 0) is 35.7 Å². The van der Waals surface area contributed by atoms with Crippen molar-refractivity contribution in [3.05, 3.63) is 65.2 Å². The molecule has 1 atom stereocenters. The summed E-state index contributed by atoms with van der Waals surface area (Å²) in [5.41, 5.74) is 0.892. The molecule has 0 radical (unpaired) electrons. The second kappa shape index (κ2) is 6.39. The molecule has 0 spiro atoms. The van der Waals surface area contributed by atoms with Crippen molar-refractivity contribution in [2.45, 2.75) is 18.0 Å². The van der Waals surface area contributed by atoms with Gasteiger partial charge in [0.2, 0.25) is 0 Å². The van der Waals surface area contributed by atoms with Crippen LogP contribution in [0.5, 0.6) is 5.75 Å². The number of halogens is 4. The van der Waals surface area contributed by atoms with E-state index in [1.165, 1.54) is 12.1 Å². The van der Waals surface area contributed by atoms with Crippen LogP contribution in [0.3, 0.4) is 0 Å². The Kier molecular flexibility index (Phi) is 4.78. The third-order valence-electron chi connectivity index (χ3n) is 3.19. The van der Waals surface area contributed by atoms with Gasteiger partial charge in [-0.25, -0.2) is 0 Å². The Morgan fingerprint density at radius 3 is 2.24 bits per heavy atom. The molecule has 5 heteroatoms. The number of benzene rings is 2. The highest BCUT2D eigenvalue weighted by Crippen LogP contribution is 2.33. The summed E-state index contributed by atoms with van der Waals surface area (Å²) in [4.78, 5) is 0. The molecule has 0 aliphatic carbocycles. The first-order chi connectivity index (χ1) is 9.91. The second-order valence-corrected chi connectivity index (χ2v) is 5.13. The average Bonchev–Trinajstić information content (AvgIpc) is 2.47. The maximum atomic E-state index is 12.5. The van der Waals surface area contributed by atoms with Gasteiger partial charge in [-0.2, -0.15) is 13.2 Å². The smallest absolute Gasteiger partial charge is 0.416 e. The molecule has 2 rings (SSSR count). The van der Waals surface area contributed by atoms with Gasteiger partial charge >= 0.3 is 6.18 Å². The molecule has 2 aromatic carbocycles. The van der Waals surface area contributed by atoms with Crippen molar-refractivity contribution < 1.29 is 17.9 Å². The van der Waals surface area contributed by atoms with Crippen molar-refractivity contribution in [2.24, 2.45) is 0 Å². The van der Waals surface area contributed by atoms with E-state index >= 15 is 0 Å². The zero-order chi connectivity index (χ0) is 15.5. The molecule has 0 saturated heterocycles. The van der Waals surface area contributed by atoms with Crippen molar-refractivity contribution in [3.63, 3.8) is 0 Å². The van der Waals surface area contributed by atoms with E-state index in [1.54, 1.807) is 7.11 Å². The number of rotatable bonds is 4. The molecular weight excluding hydrogens is 301 g/mol. The zero-order valence-electron chi connectivity index (χ0n) is 11.3. The van der Waals surface area contributed by atoms with Gasteiger partial charge in [0.1, 0.15) is 5.75 Å². The van der Waals surface area contributed by atoms with Crippen LogP contribution in [-0.2, 0) is 12.6 Å². The number of para-hydroxylation sites is 1.